The van der Waals surface area contributed by atoms with Crippen LogP contribution >= 0.6 is 0 Å². The predicted octanol–water partition coefficient (Wildman–Crippen LogP) is 4.89. The van der Waals surface area contributed by atoms with Crippen LogP contribution in [0, 0.1) is 10.8 Å². The Labute approximate surface area is 231 Å². The van der Waals surface area contributed by atoms with Gasteiger partial charge in [0, 0.05) is 55.5 Å². The summed E-state index contributed by atoms with van der Waals surface area (Å²) in [7, 11) is -2.36. The smallest absolute Gasteiger partial charge is 0.243 e. The third-order valence-corrected chi connectivity index (χ3v) is 9.95. The van der Waals surface area contributed by atoms with E-state index in [-0.39, 0.29) is 52.6 Å². The fraction of sp³-hybridized carbons (Fsp3) is 0.600. The van der Waals surface area contributed by atoms with Gasteiger partial charge in [-0.3, -0.25) is 9.59 Å². The number of allylic oxidation sites excluding steroid dienone is 4. The summed E-state index contributed by atoms with van der Waals surface area (Å²) in [5.74, 6) is 0.679. The summed E-state index contributed by atoms with van der Waals surface area (Å²) in [6.45, 7) is 12.3. The van der Waals surface area contributed by atoms with Crippen LogP contribution in [0.15, 0.2) is 45.8 Å². The Hall–Kier alpha value is -2.49. The van der Waals surface area contributed by atoms with Crippen molar-refractivity contribution in [3.8, 4) is 5.75 Å². The van der Waals surface area contributed by atoms with E-state index in [1.165, 1.54) is 17.5 Å². The van der Waals surface area contributed by atoms with E-state index >= 15 is 0 Å². The maximum absolute atomic E-state index is 13.8. The van der Waals surface area contributed by atoms with E-state index in [4.69, 9.17) is 14.2 Å². The highest BCUT2D eigenvalue weighted by Crippen LogP contribution is 2.54. The molecule has 0 radical (unpaired) electrons. The van der Waals surface area contributed by atoms with Crippen LogP contribution in [0.5, 0.6) is 5.75 Å². The quantitative estimate of drug-likeness (QED) is 0.520. The molecule has 2 heterocycles. The van der Waals surface area contributed by atoms with E-state index in [0.29, 0.717) is 59.7 Å². The SMILES string of the molecule is COc1ccc(S(=O)(=O)N2C[C@@H](C)O[C@H](C)C2)cc1C1C2=C(CC(C)(C)CC2=O)OC2=C1C(=O)CC(C)(C)C2. The maximum atomic E-state index is 13.8. The van der Waals surface area contributed by atoms with Gasteiger partial charge in [0.2, 0.25) is 10.0 Å². The summed E-state index contributed by atoms with van der Waals surface area (Å²) in [4.78, 5) is 27.5. The molecule has 0 saturated carbocycles. The van der Waals surface area contributed by atoms with E-state index in [0.717, 1.165) is 0 Å². The molecule has 5 rings (SSSR count). The van der Waals surface area contributed by atoms with Crippen molar-refractivity contribution in [3.05, 3.63) is 46.4 Å². The van der Waals surface area contributed by atoms with Gasteiger partial charge in [0.1, 0.15) is 17.3 Å². The molecular formula is C30H39NO7S. The molecule has 9 heteroatoms. The standard InChI is InChI=1S/C30H39NO7S/c1-17-15-31(16-18(2)37-17)39(34,35)19-8-9-23(36-7)20(10-19)26-27-21(32)11-29(3,4)13-24(27)38-25-14-30(5,6)12-22(33)28(25)26/h8-10,17-18,26H,11-16H2,1-7H3/t17-,18-/m1/s1. The van der Waals surface area contributed by atoms with Gasteiger partial charge in [-0.1, -0.05) is 27.7 Å². The predicted molar refractivity (Wildman–Crippen MR) is 146 cm³/mol. The first-order chi connectivity index (χ1) is 18.1. The monoisotopic (exact) mass is 557 g/mol. The van der Waals surface area contributed by atoms with Gasteiger partial charge in [-0.25, -0.2) is 8.42 Å². The first kappa shape index (κ1) is 28.1. The van der Waals surface area contributed by atoms with E-state index in [9.17, 15) is 18.0 Å². The van der Waals surface area contributed by atoms with Crippen LogP contribution in [0.3, 0.4) is 0 Å². The van der Waals surface area contributed by atoms with E-state index in [1.54, 1.807) is 12.1 Å². The Morgan fingerprint density at radius 2 is 1.38 bits per heavy atom. The van der Waals surface area contributed by atoms with Crippen molar-refractivity contribution in [2.45, 2.75) is 90.2 Å². The van der Waals surface area contributed by atoms with Gasteiger partial charge >= 0.3 is 0 Å². The zero-order valence-electron chi connectivity index (χ0n) is 23.9. The molecule has 0 bridgehead atoms. The fourth-order valence-electron chi connectivity index (χ4n) is 6.56. The minimum absolute atomic E-state index is 0.0819. The molecule has 2 aliphatic heterocycles. The Bertz CT molecular complexity index is 1340. The minimum atomic E-state index is -3.87. The molecule has 0 N–H and O–H groups in total. The molecule has 0 unspecified atom stereocenters. The number of carbonyl (C=O) groups excluding carboxylic acids is 2. The van der Waals surface area contributed by atoms with Crippen LogP contribution in [0.2, 0.25) is 0 Å². The molecule has 1 aromatic rings. The lowest BCUT2D eigenvalue weighted by Gasteiger charge is -2.43. The molecule has 8 nitrogen and oxygen atoms in total. The summed E-state index contributed by atoms with van der Waals surface area (Å²) in [6.07, 6.45) is 1.28. The number of nitrogens with zero attached hydrogens (tertiary/aromatic N) is 1. The zero-order chi connectivity index (χ0) is 28.5. The highest BCUT2D eigenvalue weighted by molar-refractivity contribution is 7.89. The maximum Gasteiger partial charge on any atom is 0.243 e. The number of ketones is 2. The van der Waals surface area contributed by atoms with Crippen molar-refractivity contribution in [2.75, 3.05) is 20.2 Å². The average Bonchev–Trinajstić information content (AvgIpc) is 2.80. The molecule has 1 aromatic carbocycles. The van der Waals surface area contributed by atoms with Crippen LogP contribution in [0.1, 0.15) is 78.7 Å². The van der Waals surface area contributed by atoms with Crippen LogP contribution in [0.25, 0.3) is 0 Å². The van der Waals surface area contributed by atoms with Crippen LogP contribution in [0.4, 0.5) is 0 Å². The van der Waals surface area contributed by atoms with Gasteiger partial charge in [0.25, 0.3) is 0 Å². The largest absolute Gasteiger partial charge is 0.496 e. The van der Waals surface area contributed by atoms with Gasteiger partial charge in [0.15, 0.2) is 11.6 Å². The number of ether oxygens (including phenoxy) is 3. The van der Waals surface area contributed by atoms with Gasteiger partial charge in [-0.2, -0.15) is 4.31 Å². The summed E-state index contributed by atoms with van der Waals surface area (Å²) in [5, 5.41) is 0. The second-order valence-electron chi connectivity index (χ2n) is 13.1. The number of hydrogen-bond donors (Lipinski definition) is 0. The molecule has 0 spiro atoms. The lowest BCUT2D eigenvalue weighted by Crippen LogP contribution is -2.48. The molecule has 1 saturated heterocycles. The van der Waals surface area contributed by atoms with Crippen LogP contribution in [-0.4, -0.2) is 56.7 Å². The Balaban J connectivity index is 1.69. The Kier molecular flexibility index (Phi) is 6.88. The molecule has 0 aromatic heterocycles. The number of benzene rings is 1. The van der Waals surface area contributed by atoms with Gasteiger partial charge < -0.3 is 14.2 Å². The van der Waals surface area contributed by atoms with Crippen molar-refractivity contribution < 1.29 is 32.2 Å². The van der Waals surface area contributed by atoms with Crippen molar-refractivity contribution in [1.29, 1.82) is 0 Å². The van der Waals surface area contributed by atoms with Gasteiger partial charge in [-0.05, 0) is 42.9 Å². The number of rotatable bonds is 4. The first-order valence-electron chi connectivity index (χ1n) is 13.7. The summed E-state index contributed by atoms with van der Waals surface area (Å²) in [6, 6.07) is 4.74. The molecular weight excluding hydrogens is 518 g/mol. The summed E-state index contributed by atoms with van der Waals surface area (Å²) in [5.41, 5.74) is 0.819. The first-order valence-corrected chi connectivity index (χ1v) is 15.1. The third-order valence-electron chi connectivity index (χ3n) is 8.12. The molecule has 39 heavy (non-hydrogen) atoms. The minimum Gasteiger partial charge on any atom is -0.496 e. The highest BCUT2D eigenvalue weighted by atomic mass is 32.2. The molecule has 2 aliphatic carbocycles. The number of sulfonamides is 1. The van der Waals surface area contributed by atoms with Crippen molar-refractivity contribution in [2.24, 2.45) is 10.8 Å². The fourth-order valence-corrected chi connectivity index (χ4v) is 8.19. The number of morpholine rings is 1. The Morgan fingerprint density at radius 1 is 0.872 bits per heavy atom. The normalized spacial score (nSPS) is 27.7. The lowest BCUT2D eigenvalue weighted by atomic mass is 9.65. The molecule has 0 amide bonds. The van der Waals surface area contributed by atoms with Gasteiger partial charge in [0.05, 0.1) is 30.1 Å². The van der Waals surface area contributed by atoms with E-state index < -0.39 is 15.9 Å². The number of carbonyl (C=O) groups is 2. The van der Waals surface area contributed by atoms with Crippen LogP contribution < -0.4 is 4.74 Å². The summed E-state index contributed by atoms with van der Waals surface area (Å²) >= 11 is 0. The van der Waals surface area contributed by atoms with Crippen molar-refractivity contribution in [1.82, 2.24) is 4.31 Å². The molecule has 1 fully saturated rings. The van der Waals surface area contributed by atoms with Crippen molar-refractivity contribution in [3.63, 3.8) is 0 Å². The molecule has 2 atom stereocenters. The third kappa shape index (κ3) is 5.09. The zero-order valence-corrected chi connectivity index (χ0v) is 24.7. The second-order valence-corrected chi connectivity index (χ2v) is 15.0. The number of methoxy groups -OCH3 is 1. The lowest BCUT2D eigenvalue weighted by molar-refractivity contribution is -0.120. The van der Waals surface area contributed by atoms with E-state index in [2.05, 4.69) is 0 Å². The molecule has 4 aliphatic rings. The molecule has 212 valence electrons. The summed E-state index contributed by atoms with van der Waals surface area (Å²) < 4.78 is 46.9. The van der Waals surface area contributed by atoms with Crippen LogP contribution in [-0.2, 0) is 29.1 Å². The Morgan fingerprint density at radius 3 is 1.87 bits per heavy atom. The van der Waals surface area contributed by atoms with Crippen molar-refractivity contribution >= 4 is 21.6 Å². The second kappa shape index (κ2) is 9.56. The topological polar surface area (TPSA) is 99.2 Å². The number of hydrogen-bond acceptors (Lipinski definition) is 7. The number of Topliss-reactive ketones (excluding diaryl/α,β-unsaturated/α-hetero) is 2. The van der Waals surface area contributed by atoms with Gasteiger partial charge in [-0.15, -0.1) is 0 Å². The highest BCUT2D eigenvalue weighted by Gasteiger charge is 2.48. The van der Waals surface area contributed by atoms with E-state index in [1.807, 2.05) is 41.5 Å². The average molecular weight is 558 g/mol.